The van der Waals surface area contributed by atoms with Crippen LogP contribution >= 0.6 is 0 Å². The summed E-state index contributed by atoms with van der Waals surface area (Å²) in [6, 6.07) is 7.23. The predicted molar refractivity (Wildman–Crippen MR) is 81.5 cm³/mol. The van der Waals surface area contributed by atoms with Crippen LogP contribution < -0.4 is 16.6 Å². The minimum Gasteiger partial charge on any atom is -0.506 e. The van der Waals surface area contributed by atoms with E-state index in [2.05, 4.69) is 5.32 Å². The second-order valence-electron chi connectivity index (χ2n) is 4.68. The number of hydrogen-bond acceptors (Lipinski definition) is 4. The van der Waals surface area contributed by atoms with Crippen molar-refractivity contribution in [2.24, 2.45) is 0 Å². The van der Waals surface area contributed by atoms with Crippen molar-refractivity contribution in [2.75, 3.05) is 11.1 Å². The molecule has 2 rings (SSSR count). The van der Waals surface area contributed by atoms with E-state index in [1.807, 2.05) is 6.92 Å². The monoisotopic (exact) mass is 287 g/mol. The molecule has 0 bridgehead atoms. The molecule has 0 atom stereocenters. The first-order valence-corrected chi connectivity index (χ1v) is 6.61. The highest BCUT2D eigenvalue weighted by Crippen LogP contribution is 2.21. The predicted octanol–water partition coefficient (Wildman–Crippen LogP) is 1.80. The molecule has 6 nitrogen and oxygen atoms in total. The van der Waals surface area contributed by atoms with E-state index in [0.29, 0.717) is 12.2 Å². The summed E-state index contributed by atoms with van der Waals surface area (Å²) in [5.41, 5.74) is 6.40. The van der Waals surface area contributed by atoms with E-state index in [1.165, 1.54) is 28.8 Å². The van der Waals surface area contributed by atoms with Crippen molar-refractivity contribution in [1.29, 1.82) is 0 Å². The fourth-order valence-electron chi connectivity index (χ4n) is 1.91. The van der Waals surface area contributed by atoms with Crippen LogP contribution in [0.4, 0.5) is 11.4 Å². The molecule has 1 amide bonds. The molecule has 2 aromatic rings. The zero-order chi connectivity index (χ0) is 15.4. The molecule has 1 aromatic heterocycles. The van der Waals surface area contributed by atoms with Crippen LogP contribution in [0.1, 0.15) is 23.7 Å². The Bertz CT molecular complexity index is 722. The van der Waals surface area contributed by atoms with Crippen molar-refractivity contribution >= 4 is 17.3 Å². The lowest BCUT2D eigenvalue weighted by molar-refractivity contribution is 0.102. The number of nitrogens with two attached hydrogens (primary N) is 1. The molecule has 0 aliphatic rings. The van der Waals surface area contributed by atoms with E-state index < -0.39 is 0 Å². The van der Waals surface area contributed by atoms with Gasteiger partial charge in [-0.25, -0.2) is 0 Å². The van der Waals surface area contributed by atoms with Gasteiger partial charge in [-0.2, -0.15) is 0 Å². The average Bonchev–Trinajstić information content (AvgIpc) is 2.45. The molecule has 21 heavy (non-hydrogen) atoms. The number of phenols is 1. The molecule has 1 aromatic carbocycles. The van der Waals surface area contributed by atoms with E-state index in [4.69, 9.17) is 5.73 Å². The van der Waals surface area contributed by atoms with Gasteiger partial charge in [0.25, 0.3) is 11.5 Å². The van der Waals surface area contributed by atoms with E-state index in [-0.39, 0.29) is 28.5 Å². The Balaban J connectivity index is 2.21. The molecular formula is C15H17N3O3. The first-order valence-electron chi connectivity index (χ1n) is 6.61. The second kappa shape index (κ2) is 6.13. The third-order valence-corrected chi connectivity index (χ3v) is 3.00. The van der Waals surface area contributed by atoms with Crippen LogP contribution in [0.3, 0.4) is 0 Å². The summed E-state index contributed by atoms with van der Waals surface area (Å²) < 4.78 is 1.54. The minimum absolute atomic E-state index is 0.111. The number of aromatic nitrogens is 1. The Morgan fingerprint density at radius 2 is 2.10 bits per heavy atom. The smallest absolute Gasteiger partial charge is 0.255 e. The average molecular weight is 287 g/mol. The van der Waals surface area contributed by atoms with Crippen molar-refractivity contribution in [1.82, 2.24) is 4.57 Å². The number of anilines is 2. The lowest BCUT2D eigenvalue weighted by atomic mass is 10.1. The minimum atomic E-state index is -0.382. The Morgan fingerprint density at radius 1 is 1.33 bits per heavy atom. The Kier molecular flexibility index (Phi) is 4.27. The number of phenolic OH excluding ortho intramolecular Hbond substituents is 1. The topological polar surface area (TPSA) is 97.3 Å². The molecule has 0 aliphatic carbocycles. The zero-order valence-electron chi connectivity index (χ0n) is 11.7. The SMILES string of the molecule is CCCn1cc(NC(=O)c2ccc(N)c(O)c2)ccc1=O. The van der Waals surface area contributed by atoms with E-state index in [0.717, 1.165) is 6.42 Å². The molecule has 0 radical (unpaired) electrons. The number of nitrogen functional groups attached to an aromatic ring is 1. The highest BCUT2D eigenvalue weighted by molar-refractivity contribution is 6.04. The number of carbonyl (C=O) groups excluding carboxylic acids is 1. The Labute approximate surface area is 121 Å². The van der Waals surface area contributed by atoms with Crippen molar-refractivity contribution < 1.29 is 9.90 Å². The fourth-order valence-corrected chi connectivity index (χ4v) is 1.91. The summed E-state index contributed by atoms with van der Waals surface area (Å²) in [6.07, 6.45) is 2.42. The molecule has 110 valence electrons. The standard InChI is InChI=1S/C15H17N3O3/c1-2-7-18-9-11(4-6-14(18)20)17-15(21)10-3-5-12(16)13(19)8-10/h3-6,8-9,19H,2,7,16H2,1H3,(H,17,21). The van der Waals surface area contributed by atoms with E-state index in [1.54, 1.807) is 12.3 Å². The maximum atomic E-state index is 12.1. The van der Waals surface area contributed by atoms with Crippen molar-refractivity contribution in [2.45, 2.75) is 19.9 Å². The van der Waals surface area contributed by atoms with Crippen molar-refractivity contribution in [3.05, 3.63) is 52.4 Å². The summed E-state index contributed by atoms with van der Waals surface area (Å²) in [6.45, 7) is 2.56. The summed E-state index contributed by atoms with van der Waals surface area (Å²) in [5.74, 6) is -0.523. The van der Waals surface area contributed by atoms with E-state index >= 15 is 0 Å². The van der Waals surface area contributed by atoms with Crippen LogP contribution in [-0.2, 0) is 6.54 Å². The summed E-state index contributed by atoms with van der Waals surface area (Å²) in [5, 5.41) is 12.2. The Morgan fingerprint density at radius 3 is 2.76 bits per heavy atom. The number of carbonyl (C=O) groups is 1. The van der Waals surface area contributed by atoms with Gasteiger partial charge < -0.3 is 20.7 Å². The van der Waals surface area contributed by atoms with Gasteiger partial charge in [0.05, 0.1) is 11.4 Å². The van der Waals surface area contributed by atoms with Gasteiger partial charge in [-0.05, 0) is 30.7 Å². The second-order valence-corrected chi connectivity index (χ2v) is 4.68. The van der Waals surface area contributed by atoms with Crippen LogP contribution in [0.15, 0.2) is 41.3 Å². The fraction of sp³-hybridized carbons (Fsp3) is 0.200. The van der Waals surface area contributed by atoms with Crippen molar-refractivity contribution in [3.8, 4) is 5.75 Å². The largest absolute Gasteiger partial charge is 0.506 e. The third-order valence-electron chi connectivity index (χ3n) is 3.00. The molecule has 0 aliphatic heterocycles. The quantitative estimate of drug-likeness (QED) is 0.590. The van der Waals surface area contributed by atoms with Crippen LogP contribution in [-0.4, -0.2) is 15.6 Å². The van der Waals surface area contributed by atoms with Crippen LogP contribution in [0.5, 0.6) is 5.75 Å². The van der Waals surface area contributed by atoms with Gasteiger partial charge in [-0.15, -0.1) is 0 Å². The first kappa shape index (κ1) is 14.6. The van der Waals surface area contributed by atoms with Gasteiger partial charge in [0.1, 0.15) is 5.75 Å². The highest BCUT2D eigenvalue weighted by atomic mass is 16.3. The third kappa shape index (κ3) is 3.42. The number of pyridine rings is 1. The normalized spacial score (nSPS) is 10.3. The summed E-state index contributed by atoms with van der Waals surface area (Å²) >= 11 is 0. The molecule has 0 saturated heterocycles. The maximum absolute atomic E-state index is 12.1. The van der Waals surface area contributed by atoms with Gasteiger partial charge in [-0.1, -0.05) is 6.92 Å². The van der Waals surface area contributed by atoms with Gasteiger partial charge >= 0.3 is 0 Å². The highest BCUT2D eigenvalue weighted by Gasteiger charge is 2.09. The number of nitrogens with zero attached hydrogens (tertiary/aromatic N) is 1. The number of aryl methyl sites for hydroxylation is 1. The lowest BCUT2D eigenvalue weighted by Gasteiger charge is -2.09. The molecule has 4 N–H and O–H groups in total. The van der Waals surface area contributed by atoms with Gasteiger partial charge in [0.15, 0.2) is 0 Å². The first-order chi connectivity index (χ1) is 10.0. The summed E-state index contributed by atoms with van der Waals surface area (Å²) in [7, 11) is 0. The molecular weight excluding hydrogens is 270 g/mol. The van der Waals surface area contributed by atoms with Gasteiger partial charge in [-0.3, -0.25) is 9.59 Å². The van der Waals surface area contributed by atoms with E-state index in [9.17, 15) is 14.7 Å². The zero-order valence-corrected chi connectivity index (χ0v) is 11.7. The molecule has 6 heteroatoms. The molecule has 1 heterocycles. The number of nitrogens with one attached hydrogen (secondary N) is 1. The molecule has 0 unspecified atom stereocenters. The number of rotatable bonds is 4. The van der Waals surface area contributed by atoms with Crippen LogP contribution in [0, 0.1) is 0 Å². The molecule has 0 fully saturated rings. The number of amides is 1. The van der Waals surface area contributed by atoms with Crippen LogP contribution in [0.2, 0.25) is 0 Å². The van der Waals surface area contributed by atoms with Crippen molar-refractivity contribution in [3.63, 3.8) is 0 Å². The maximum Gasteiger partial charge on any atom is 0.255 e. The van der Waals surface area contributed by atoms with Crippen LogP contribution in [0.25, 0.3) is 0 Å². The molecule has 0 saturated carbocycles. The number of benzene rings is 1. The lowest BCUT2D eigenvalue weighted by Crippen LogP contribution is -2.20. The number of hydrogen-bond donors (Lipinski definition) is 3. The van der Waals surface area contributed by atoms with Gasteiger partial charge in [0.2, 0.25) is 0 Å². The van der Waals surface area contributed by atoms with Gasteiger partial charge in [0, 0.05) is 24.4 Å². The summed E-state index contributed by atoms with van der Waals surface area (Å²) in [4.78, 5) is 23.7. The number of aromatic hydroxyl groups is 1. The Hall–Kier alpha value is -2.76. The molecule has 0 spiro atoms.